The molecule has 0 aliphatic heterocycles. The fourth-order valence-electron chi connectivity index (χ4n) is 0.970. The molecule has 0 aromatic heterocycles. The topological polar surface area (TPSA) is 104 Å². The first-order chi connectivity index (χ1) is 8.33. The number of rotatable bonds is 5. The molecule has 0 radical (unpaired) electrons. The van der Waals surface area contributed by atoms with Crippen molar-refractivity contribution >= 4 is 10.4 Å². The maximum absolute atomic E-state index is 9.31. The molecule has 0 fully saturated rings. The van der Waals surface area contributed by atoms with Crippen LogP contribution in [0.4, 0.5) is 0 Å². The molecule has 1 atom stereocenters. The molecule has 1 unspecified atom stereocenters. The molecule has 18 heavy (non-hydrogen) atoms. The van der Waals surface area contributed by atoms with Crippen LogP contribution in [0, 0.1) is 0 Å². The molecule has 7 heteroatoms. The summed E-state index contributed by atoms with van der Waals surface area (Å²) in [7, 11) is -4.67. The third kappa shape index (κ3) is 12.7. The Kier molecular flexibility index (Phi) is 7.97. The zero-order valence-corrected chi connectivity index (χ0v) is 10.5. The van der Waals surface area contributed by atoms with E-state index in [0.29, 0.717) is 13.0 Å². The Balaban J connectivity index is 0.000000494. The van der Waals surface area contributed by atoms with Gasteiger partial charge in [-0.2, -0.15) is 8.42 Å². The van der Waals surface area contributed by atoms with Gasteiger partial charge in [0.05, 0.1) is 6.10 Å². The van der Waals surface area contributed by atoms with E-state index in [1.54, 1.807) is 6.08 Å². The predicted octanol–water partition coefficient (Wildman–Crippen LogP) is 1.35. The number of aliphatic hydroxyl groups is 1. The Morgan fingerprint density at radius 2 is 1.78 bits per heavy atom. The van der Waals surface area contributed by atoms with Crippen LogP contribution < -0.4 is 4.74 Å². The second-order valence-electron chi connectivity index (χ2n) is 3.25. The molecule has 0 saturated heterocycles. The number of para-hydroxylation sites is 1. The molecular formula is C11H16O6S. The predicted molar refractivity (Wildman–Crippen MR) is 66.9 cm³/mol. The fourth-order valence-corrected chi connectivity index (χ4v) is 0.970. The van der Waals surface area contributed by atoms with E-state index in [-0.39, 0.29) is 0 Å². The number of hydrogen-bond donors (Lipinski definition) is 3. The van der Waals surface area contributed by atoms with Gasteiger partial charge in [-0.15, -0.1) is 6.58 Å². The van der Waals surface area contributed by atoms with Crippen LogP contribution in [0.3, 0.4) is 0 Å². The Labute approximate surface area is 106 Å². The fraction of sp³-hybridized carbons (Fsp3) is 0.273. The van der Waals surface area contributed by atoms with Gasteiger partial charge in [0.2, 0.25) is 0 Å². The van der Waals surface area contributed by atoms with E-state index in [9.17, 15) is 5.11 Å². The maximum Gasteiger partial charge on any atom is 0.394 e. The monoisotopic (exact) mass is 276 g/mol. The van der Waals surface area contributed by atoms with Crippen molar-refractivity contribution in [3.05, 3.63) is 43.0 Å². The highest BCUT2D eigenvalue weighted by Crippen LogP contribution is 2.08. The third-order valence-corrected chi connectivity index (χ3v) is 1.62. The normalized spacial score (nSPS) is 11.9. The van der Waals surface area contributed by atoms with Crippen molar-refractivity contribution in [1.29, 1.82) is 0 Å². The van der Waals surface area contributed by atoms with Gasteiger partial charge < -0.3 is 9.84 Å². The van der Waals surface area contributed by atoms with Crippen LogP contribution in [0.25, 0.3) is 0 Å². The van der Waals surface area contributed by atoms with Crippen LogP contribution in [-0.2, 0) is 10.4 Å². The van der Waals surface area contributed by atoms with E-state index in [1.807, 2.05) is 30.3 Å². The largest absolute Gasteiger partial charge is 0.491 e. The Bertz CT molecular complexity index is 420. The molecule has 3 N–H and O–H groups in total. The molecule has 1 aromatic carbocycles. The Hall–Kier alpha value is -1.41. The van der Waals surface area contributed by atoms with Crippen molar-refractivity contribution < 1.29 is 27.4 Å². The van der Waals surface area contributed by atoms with E-state index < -0.39 is 16.5 Å². The van der Waals surface area contributed by atoms with E-state index in [2.05, 4.69) is 6.58 Å². The first-order valence-corrected chi connectivity index (χ1v) is 6.39. The second kappa shape index (κ2) is 8.65. The van der Waals surface area contributed by atoms with Crippen LogP contribution in [0.2, 0.25) is 0 Å². The van der Waals surface area contributed by atoms with Gasteiger partial charge in [-0.3, -0.25) is 9.11 Å². The van der Waals surface area contributed by atoms with Crippen LogP contribution in [0.1, 0.15) is 6.42 Å². The van der Waals surface area contributed by atoms with Gasteiger partial charge in [0.25, 0.3) is 0 Å². The Morgan fingerprint density at radius 1 is 1.28 bits per heavy atom. The first-order valence-electron chi connectivity index (χ1n) is 4.99. The van der Waals surface area contributed by atoms with Crippen molar-refractivity contribution in [1.82, 2.24) is 0 Å². The standard InChI is InChI=1S/C11H14O2.H2O4S/c1-2-6-10(12)9-13-11-7-4-3-5-8-11;1-5(2,3)4/h2-5,7-8,10,12H,1,6,9H2;(H2,1,2,3,4). The summed E-state index contributed by atoms with van der Waals surface area (Å²) in [5, 5.41) is 9.31. The van der Waals surface area contributed by atoms with Crippen molar-refractivity contribution in [2.75, 3.05) is 6.61 Å². The lowest BCUT2D eigenvalue weighted by molar-refractivity contribution is 0.110. The summed E-state index contributed by atoms with van der Waals surface area (Å²) in [6, 6.07) is 9.44. The van der Waals surface area contributed by atoms with Crippen LogP contribution in [0.15, 0.2) is 43.0 Å². The first kappa shape index (κ1) is 16.6. The summed E-state index contributed by atoms with van der Waals surface area (Å²) in [6.45, 7) is 3.86. The molecule has 0 bridgehead atoms. The van der Waals surface area contributed by atoms with Crippen molar-refractivity contribution in [2.24, 2.45) is 0 Å². The van der Waals surface area contributed by atoms with Gasteiger partial charge in [-0.1, -0.05) is 24.3 Å². The van der Waals surface area contributed by atoms with Crippen LogP contribution >= 0.6 is 0 Å². The number of benzene rings is 1. The summed E-state index contributed by atoms with van der Waals surface area (Å²) in [5.41, 5.74) is 0. The lowest BCUT2D eigenvalue weighted by atomic mass is 10.3. The maximum atomic E-state index is 9.31. The molecule has 102 valence electrons. The van der Waals surface area contributed by atoms with E-state index in [0.717, 1.165) is 5.75 Å². The lowest BCUT2D eigenvalue weighted by Gasteiger charge is -2.09. The van der Waals surface area contributed by atoms with Gasteiger partial charge in [0.15, 0.2) is 0 Å². The van der Waals surface area contributed by atoms with Gasteiger partial charge in [-0.05, 0) is 18.6 Å². The molecular weight excluding hydrogens is 260 g/mol. The van der Waals surface area contributed by atoms with E-state index >= 15 is 0 Å². The highest BCUT2D eigenvalue weighted by molar-refractivity contribution is 7.79. The van der Waals surface area contributed by atoms with Crippen molar-refractivity contribution in [3.8, 4) is 5.75 Å². The average Bonchev–Trinajstić information content (AvgIpc) is 2.26. The van der Waals surface area contributed by atoms with Gasteiger partial charge in [-0.25, -0.2) is 0 Å². The Morgan fingerprint density at radius 3 is 2.22 bits per heavy atom. The van der Waals surface area contributed by atoms with Crippen LogP contribution in [0.5, 0.6) is 5.75 Å². The molecule has 0 amide bonds. The summed E-state index contributed by atoms with van der Waals surface area (Å²) in [6.07, 6.45) is 1.78. The quantitative estimate of drug-likeness (QED) is 0.554. The molecule has 0 spiro atoms. The third-order valence-electron chi connectivity index (χ3n) is 1.62. The summed E-state index contributed by atoms with van der Waals surface area (Å²) in [4.78, 5) is 0. The minimum absolute atomic E-state index is 0.316. The van der Waals surface area contributed by atoms with Crippen molar-refractivity contribution in [3.63, 3.8) is 0 Å². The number of hydrogen-bond acceptors (Lipinski definition) is 4. The molecule has 1 rings (SSSR count). The van der Waals surface area contributed by atoms with Crippen LogP contribution in [-0.4, -0.2) is 35.3 Å². The highest BCUT2D eigenvalue weighted by atomic mass is 32.3. The molecule has 6 nitrogen and oxygen atoms in total. The van der Waals surface area contributed by atoms with Gasteiger partial charge in [0, 0.05) is 0 Å². The second-order valence-corrected chi connectivity index (χ2v) is 4.15. The number of ether oxygens (including phenoxy) is 1. The summed E-state index contributed by atoms with van der Waals surface area (Å²) >= 11 is 0. The van der Waals surface area contributed by atoms with Gasteiger partial charge in [0.1, 0.15) is 12.4 Å². The summed E-state index contributed by atoms with van der Waals surface area (Å²) in [5.74, 6) is 0.783. The average molecular weight is 276 g/mol. The lowest BCUT2D eigenvalue weighted by Crippen LogP contribution is -2.16. The highest BCUT2D eigenvalue weighted by Gasteiger charge is 2.01. The molecule has 0 aliphatic rings. The minimum atomic E-state index is -4.67. The van der Waals surface area contributed by atoms with E-state index in [1.165, 1.54) is 0 Å². The smallest absolute Gasteiger partial charge is 0.394 e. The van der Waals surface area contributed by atoms with Gasteiger partial charge >= 0.3 is 10.4 Å². The van der Waals surface area contributed by atoms with Crippen molar-refractivity contribution in [2.45, 2.75) is 12.5 Å². The summed E-state index contributed by atoms with van der Waals surface area (Å²) < 4.78 is 36.9. The zero-order valence-electron chi connectivity index (χ0n) is 9.64. The minimum Gasteiger partial charge on any atom is -0.491 e. The van der Waals surface area contributed by atoms with E-state index in [4.69, 9.17) is 22.3 Å². The molecule has 0 heterocycles. The number of aliphatic hydroxyl groups excluding tert-OH is 1. The molecule has 0 saturated carbocycles. The molecule has 1 aromatic rings. The SMILES string of the molecule is C=CCC(O)COc1ccccc1.O=S(=O)(O)O. The molecule has 0 aliphatic carbocycles. The zero-order chi connectivity index (χ0) is 14.0.